The molecule has 2 aromatic carbocycles. The summed E-state index contributed by atoms with van der Waals surface area (Å²) in [7, 11) is 4.60. The van der Waals surface area contributed by atoms with E-state index in [0.29, 0.717) is 41.5 Å². The predicted molar refractivity (Wildman–Crippen MR) is 127 cm³/mol. The molecule has 0 atom stereocenters. The Morgan fingerprint density at radius 3 is 2.21 bits per heavy atom. The van der Waals surface area contributed by atoms with Gasteiger partial charge in [0, 0.05) is 53.6 Å². The van der Waals surface area contributed by atoms with Gasteiger partial charge in [-0.15, -0.1) is 11.3 Å². The predicted octanol–water partition coefficient (Wildman–Crippen LogP) is 4.54. The minimum atomic E-state index is -0.204. The van der Waals surface area contributed by atoms with Crippen molar-refractivity contribution < 1.29 is 23.4 Å². The molecule has 0 saturated carbocycles. The lowest BCUT2D eigenvalue weighted by Crippen LogP contribution is -2.48. The van der Waals surface area contributed by atoms with Gasteiger partial charge in [0.15, 0.2) is 11.5 Å². The zero-order valence-corrected chi connectivity index (χ0v) is 19.8. The Balaban J connectivity index is 1.38. The average molecular weight is 471 g/mol. The Morgan fingerprint density at radius 1 is 0.939 bits per heavy atom. The van der Waals surface area contributed by atoms with Crippen LogP contribution in [0.5, 0.6) is 17.2 Å². The van der Waals surface area contributed by atoms with Crippen LogP contribution < -0.4 is 14.2 Å². The van der Waals surface area contributed by atoms with Gasteiger partial charge in [-0.25, -0.2) is 4.39 Å². The van der Waals surface area contributed by atoms with Crippen molar-refractivity contribution in [2.75, 3.05) is 47.5 Å². The van der Waals surface area contributed by atoms with Gasteiger partial charge in [-0.3, -0.25) is 9.69 Å². The number of nitrogens with zero attached hydrogens (tertiary/aromatic N) is 2. The van der Waals surface area contributed by atoms with Gasteiger partial charge in [0.1, 0.15) is 5.82 Å². The van der Waals surface area contributed by atoms with Crippen molar-refractivity contribution in [3.8, 4) is 27.7 Å². The number of methoxy groups -OCH3 is 3. The number of carbonyl (C=O) groups excluding carboxylic acids is 1. The fraction of sp³-hybridized carbons (Fsp3) is 0.320. The van der Waals surface area contributed by atoms with Crippen molar-refractivity contribution in [3.05, 3.63) is 64.8 Å². The van der Waals surface area contributed by atoms with E-state index in [1.165, 1.54) is 32.3 Å². The summed E-state index contributed by atoms with van der Waals surface area (Å²) in [5, 5.41) is 0. The Hall–Kier alpha value is -3.10. The number of ether oxygens (including phenoxy) is 3. The number of hydrogen-bond acceptors (Lipinski definition) is 6. The maximum absolute atomic E-state index is 14.1. The van der Waals surface area contributed by atoms with Gasteiger partial charge in [0.2, 0.25) is 5.75 Å². The summed E-state index contributed by atoms with van der Waals surface area (Å²) in [6.45, 7) is 3.57. The van der Waals surface area contributed by atoms with Crippen LogP contribution in [0.4, 0.5) is 4.39 Å². The normalized spacial score (nSPS) is 14.2. The summed E-state index contributed by atoms with van der Waals surface area (Å²) in [5.74, 6) is 1.12. The molecule has 0 aliphatic carbocycles. The molecule has 4 rings (SSSR count). The van der Waals surface area contributed by atoms with E-state index in [1.807, 2.05) is 17.0 Å². The molecule has 1 saturated heterocycles. The molecule has 1 aliphatic heterocycles. The van der Waals surface area contributed by atoms with Crippen molar-refractivity contribution in [2.45, 2.75) is 6.54 Å². The number of piperazine rings is 1. The standard InChI is InChI=1S/C25H27FN2O4S/c1-30-21-14-17(15-22(31-2)24(21)32-3)25(29)28-12-10-27(11-13-28)16-18-8-9-23(33-18)19-6-4-5-7-20(19)26/h4-9,14-15H,10-13,16H2,1-3H3. The summed E-state index contributed by atoms with van der Waals surface area (Å²) >= 11 is 1.61. The van der Waals surface area contributed by atoms with E-state index < -0.39 is 0 Å². The monoisotopic (exact) mass is 470 g/mol. The molecule has 0 spiro atoms. The van der Waals surface area contributed by atoms with E-state index in [4.69, 9.17) is 14.2 Å². The van der Waals surface area contributed by atoms with Gasteiger partial charge in [-0.2, -0.15) is 0 Å². The van der Waals surface area contributed by atoms with Gasteiger partial charge in [0.25, 0.3) is 5.91 Å². The molecule has 8 heteroatoms. The van der Waals surface area contributed by atoms with Gasteiger partial charge in [-0.1, -0.05) is 18.2 Å². The van der Waals surface area contributed by atoms with Crippen LogP contribution in [-0.2, 0) is 6.54 Å². The number of thiophene rings is 1. The molecule has 1 amide bonds. The molecule has 3 aromatic rings. The van der Waals surface area contributed by atoms with Gasteiger partial charge in [0.05, 0.1) is 21.3 Å². The third-order valence-electron chi connectivity index (χ3n) is 5.75. The number of halogens is 1. The summed E-state index contributed by atoms with van der Waals surface area (Å²) in [6.07, 6.45) is 0. The first-order valence-corrected chi connectivity index (χ1v) is 11.5. The molecule has 1 fully saturated rings. The van der Waals surface area contributed by atoms with Crippen molar-refractivity contribution in [2.24, 2.45) is 0 Å². The highest BCUT2D eigenvalue weighted by molar-refractivity contribution is 7.15. The largest absolute Gasteiger partial charge is 0.493 e. The van der Waals surface area contributed by atoms with E-state index in [9.17, 15) is 9.18 Å². The van der Waals surface area contributed by atoms with Gasteiger partial charge >= 0.3 is 0 Å². The zero-order valence-electron chi connectivity index (χ0n) is 19.0. The smallest absolute Gasteiger partial charge is 0.254 e. The van der Waals surface area contributed by atoms with Crippen LogP contribution in [0.3, 0.4) is 0 Å². The topological polar surface area (TPSA) is 51.2 Å². The number of carbonyl (C=O) groups is 1. The molecule has 2 heterocycles. The second-order valence-corrected chi connectivity index (χ2v) is 8.90. The summed E-state index contributed by atoms with van der Waals surface area (Å²) in [4.78, 5) is 19.4. The van der Waals surface area contributed by atoms with E-state index in [2.05, 4.69) is 11.0 Å². The van der Waals surface area contributed by atoms with Crippen LogP contribution in [0.2, 0.25) is 0 Å². The van der Waals surface area contributed by atoms with Gasteiger partial charge < -0.3 is 19.1 Å². The quantitative estimate of drug-likeness (QED) is 0.508. The molecule has 0 unspecified atom stereocenters. The fourth-order valence-corrected chi connectivity index (χ4v) is 5.06. The second-order valence-electron chi connectivity index (χ2n) is 7.73. The first-order chi connectivity index (χ1) is 16.0. The lowest BCUT2D eigenvalue weighted by atomic mass is 10.1. The minimum absolute atomic E-state index is 0.0631. The van der Waals surface area contributed by atoms with Crippen LogP contribution in [0.15, 0.2) is 48.5 Å². The maximum atomic E-state index is 14.1. The Labute approximate surface area is 197 Å². The van der Waals surface area contributed by atoms with Crippen LogP contribution in [0.1, 0.15) is 15.2 Å². The van der Waals surface area contributed by atoms with Crippen LogP contribution in [0.25, 0.3) is 10.4 Å². The molecule has 1 aromatic heterocycles. The number of benzene rings is 2. The van der Waals surface area contributed by atoms with E-state index in [-0.39, 0.29) is 11.7 Å². The highest BCUT2D eigenvalue weighted by atomic mass is 32.1. The molecular formula is C25H27FN2O4S. The molecule has 0 radical (unpaired) electrons. The molecule has 33 heavy (non-hydrogen) atoms. The third-order valence-corrected chi connectivity index (χ3v) is 6.85. The molecule has 174 valence electrons. The summed E-state index contributed by atoms with van der Waals surface area (Å²) in [5.41, 5.74) is 1.14. The summed E-state index contributed by atoms with van der Waals surface area (Å²) < 4.78 is 30.2. The van der Waals surface area contributed by atoms with Gasteiger partial charge in [-0.05, 0) is 30.3 Å². The van der Waals surface area contributed by atoms with Crippen molar-refractivity contribution in [1.29, 1.82) is 0 Å². The Morgan fingerprint density at radius 2 is 1.61 bits per heavy atom. The number of amides is 1. The average Bonchev–Trinajstić information content (AvgIpc) is 3.31. The van der Waals surface area contributed by atoms with Crippen LogP contribution in [-0.4, -0.2) is 63.2 Å². The lowest BCUT2D eigenvalue weighted by Gasteiger charge is -2.34. The number of rotatable bonds is 7. The number of hydrogen-bond donors (Lipinski definition) is 0. The maximum Gasteiger partial charge on any atom is 0.254 e. The van der Waals surface area contributed by atoms with Crippen LogP contribution >= 0.6 is 11.3 Å². The Kier molecular flexibility index (Phi) is 7.15. The first-order valence-electron chi connectivity index (χ1n) is 10.7. The molecule has 6 nitrogen and oxygen atoms in total. The van der Waals surface area contributed by atoms with Crippen molar-refractivity contribution in [1.82, 2.24) is 9.80 Å². The van der Waals surface area contributed by atoms with E-state index >= 15 is 0 Å². The zero-order chi connectivity index (χ0) is 23.4. The third kappa shape index (κ3) is 4.96. The van der Waals surface area contributed by atoms with Crippen LogP contribution in [0, 0.1) is 5.82 Å². The van der Waals surface area contributed by atoms with Crippen molar-refractivity contribution in [3.63, 3.8) is 0 Å². The second kappa shape index (κ2) is 10.2. The molecule has 0 bridgehead atoms. The fourth-order valence-electron chi connectivity index (χ4n) is 3.99. The minimum Gasteiger partial charge on any atom is -0.493 e. The van der Waals surface area contributed by atoms with E-state index in [0.717, 1.165) is 24.5 Å². The lowest BCUT2D eigenvalue weighted by molar-refractivity contribution is 0.0629. The van der Waals surface area contributed by atoms with E-state index in [1.54, 1.807) is 35.6 Å². The highest BCUT2D eigenvalue weighted by Gasteiger charge is 2.25. The molecular weight excluding hydrogens is 443 g/mol. The molecule has 0 N–H and O–H groups in total. The summed E-state index contributed by atoms with van der Waals surface area (Å²) in [6, 6.07) is 14.2. The highest BCUT2D eigenvalue weighted by Crippen LogP contribution is 2.38. The van der Waals surface area contributed by atoms with Crippen molar-refractivity contribution >= 4 is 17.2 Å². The SMILES string of the molecule is COc1cc(C(=O)N2CCN(Cc3ccc(-c4ccccc4F)s3)CC2)cc(OC)c1OC. The Bertz CT molecular complexity index is 1100. The molecule has 1 aliphatic rings. The first kappa shape index (κ1) is 23.1.